The zero-order valence-electron chi connectivity index (χ0n) is 27.7. The highest BCUT2D eigenvalue weighted by Gasteiger charge is 2.74. The molecule has 2 aromatic carbocycles. The summed E-state index contributed by atoms with van der Waals surface area (Å²) in [6.45, 7) is 2.82. The Hall–Kier alpha value is -3.18. The lowest BCUT2D eigenvalue weighted by Gasteiger charge is -2.62. The van der Waals surface area contributed by atoms with Gasteiger partial charge in [0.05, 0.1) is 29.1 Å². The van der Waals surface area contributed by atoms with Crippen molar-refractivity contribution in [2.24, 2.45) is 5.92 Å². The Labute approximate surface area is 279 Å². The number of phenols is 1. The molecule has 5 aliphatic carbocycles. The zero-order chi connectivity index (χ0) is 33.0. The van der Waals surface area contributed by atoms with E-state index in [0.717, 1.165) is 67.9 Å². The number of carbonyl (C=O) groups excluding carboxylic acids is 2. The highest BCUT2D eigenvalue weighted by Crippen LogP contribution is 2.66. The summed E-state index contributed by atoms with van der Waals surface area (Å²) in [5.41, 5.74) is 1.19. The lowest BCUT2D eigenvalue weighted by Crippen LogP contribution is -2.76. The Balaban J connectivity index is 0.000000124. The Morgan fingerprint density at radius 1 is 0.812 bits per heavy atom. The van der Waals surface area contributed by atoms with E-state index in [9.17, 15) is 24.9 Å². The van der Waals surface area contributed by atoms with Crippen LogP contribution in [0.4, 0.5) is 0 Å². The number of piperidine rings is 2. The maximum Gasteiger partial charge on any atom is 0.174 e. The van der Waals surface area contributed by atoms with Gasteiger partial charge in [-0.1, -0.05) is 12.1 Å². The second-order valence-electron chi connectivity index (χ2n) is 16.2. The molecule has 2 saturated heterocycles. The first-order chi connectivity index (χ1) is 23.1. The third kappa shape index (κ3) is 3.34. The second-order valence-corrected chi connectivity index (χ2v) is 16.2. The minimum Gasteiger partial charge on any atom is -0.504 e. The van der Waals surface area contributed by atoms with Crippen LogP contribution in [0.1, 0.15) is 73.6 Å². The molecular weight excluding hydrogens is 612 g/mol. The fourth-order valence-corrected chi connectivity index (χ4v) is 11.9. The first-order valence-corrected chi connectivity index (χ1v) is 17.9. The van der Waals surface area contributed by atoms with Gasteiger partial charge in [-0.25, -0.2) is 0 Å². The number of hydrogen-bond donors (Lipinski definition) is 3. The number of hydrogen-bond acceptors (Lipinski definition) is 10. The molecule has 10 nitrogen and oxygen atoms in total. The minimum atomic E-state index is -0.940. The molecule has 11 rings (SSSR count). The van der Waals surface area contributed by atoms with Crippen molar-refractivity contribution in [1.82, 2.24) is 9.80 Å². The molecule has 4 bridgehead atoms. The lowest BCUT2D eigenvalue weighted by molar-refractivity contribution is -0.188. The molecule has 0 aromatic heterocycles. The van der Waals surface area contributed by atoms with Gasteiger partial charge < -0.3 is 34.4 Å². The third-order valence-electron chi connectivity index (χ3n) is 14.3. The van der Waals surface area contributed by atoms with Gasteiger partial charge in [0.25, 0.3) is 0 Å². The van der Waals surface area contributed by atoms with Crippen LogP contribution in [0.5, 0.6) is 23.0 Å². The number of ether oxygens (including phenoxy) is 3. The molecule has 8 atom stereocenters. The van der Waals surface area contributed by atoms with Gasteiger partial charge in [0, 0.05) is 42.6 Å². The fraction of sp³-hybridized carbons (Fsp3) is 0.632. The van der Waals surface area contributed by atoms with Crippen LogP contribution in [0.2, 0.25) is 0 Å². The van der Waals surface area contributed by atoms with Crippen molar-refractivity contribution in [3.63, 3.8) is 0 Å². The Morgan fingerprint density at radius 3 is 2.06 bits per heavy atom. The second kappa shape index (κ2) is 9.53. The summed E-state index contributed by atoms with van der Waals surface area (Å²) in [5, 5.41) is 34.0. The van der Waals surface area contributed by atoms with E-state index in [1.807, 2.05) is 12.1 Å². The fourth-order valence-electron chi connectivity index (χ4n) is 11.9. The van der Waals surface area contributed by atoms with Crippen molar-refractivity contribution in [2.75, 3.05) is 33.8 Å². The molecule has 0 radical (unpaired) electrons. The van der Waals surface area contributed by atoms with Gasteiger partial charge in [-0.05, 0) is 101 Å². The number of carbonyl (C=O) groups is 2. The number of likely N-dealkylation sites (tertiary alicyclic amines) is 2. The van der Waals surface area contributed by atoms with Crippen LogP contribution in [-0.4, -0.2) is 106 Å². The van der Waals surface area contributed by atoms with Crippen molar-refractivity contribution in [2.45, 2.75) is 111 Å². The van der Waals surface area contributed by atoms with Crippen LogP contribution >= 0.6 is 0 Å². The molecule has 4 heterocycles. The summed E-state index contributed by atoms with van der Waals surface area (Å²) in [5.74, 6) is 2.86. The predicted octanol–water partition coefficient (Wildman–Crippen LogP) is 2.57. The van der Waals surface area contributed by atoms with Crippen LogP contribution in [0.15, 0.2) is 24.3 Å². The number of Topliss-reactive ketones (excluding diaryl/α,β-unsaturated/α-hetero) is 2. The molecule has 5 fully saturated rings. The molecule has 48 heavy (non-hydrogen) atoms. The van der Waals surface area contributed by atoms with Gasteiger partial charge >= 0.3 is 0 Å². The van der Waals surface area contributed by atoms with Gasteiger partial charge in [0.2, 0.25) is 0 Å². The molecule has 3 saturated carbocycles. The SMILES string of the molecule is COc1ccc2c3c1O[C@H]1C(=O)CC[C@@]4(O)[C@@H](C2)N(C)CC[C@]314.O=C1CC[C@@]2(O)[C@H]3Cc4ccc(O)c5c4[C@@]2(CCN3CC2CC2)[C@H]1O5. The van der Waals surface area contributed by atoms with E-state index in [-0.39, 0.29) is 29.4 Å². The van der Waals surface area contributed by atoms with Gasteiger partial charge in [-0.15, -0.1) is 0 Å². The molecule has 254 valence electrons. The number of likely N-dealkylation sites (N-methyl/N-ethyl adjacent to an activating group) is 1. The highest BCUT2D eigenvalue weighted by molar-refractivity contribution is 5.91. The summed E-state index contributed by atoms with van der Waals surface area (Å²) in [4.78, 5) is 30.1. The Morgan fingerprint density at radius 2 is 1.40 bits per heavy atom. The lowest BCUT2D eigenvalue weighted by atomic mass is 9.49. The zero-order valence-corrected chi connectivity index (χ0v) is 27.7. The number of ketones is 2. The molecule has 0 unspecified atom stereocenters. The summed E-state index contributed by atoms with van der Waals surface area (Å²) in [6.07, 6.45) is 6.22. The molecular formula is C38H44N2O8. The van der Waals surface area contributed by atoms with Crippen molar-refractivity contribution < 1.29 is 39.1 Å². The molecule has 9 aliphatic rings. The van der Waals surface area contributed by atoms with Crippen molar-refractivity contribution in [1.29, 1.82) is 0 Å². The first-order valence-electron chi connectivity index (χ1n) is 17.9. The van der Waals surface area contributed by atoms with Gasteiger partial charge in [0.1, 0.15) is 0 Å². The van der Waals surface area contributed by atoms with Crippen LogP contribution in [-0.2, 0) is 33.3 Å². The van der Waals surface area contributed by atoms with Crippen molar-refractivity contribution >= 4 is 11.6 Å². The maximum atomic E-state index is 12.7. The number of phenolic OH excluding ortho intramolecular Hbond substituents is 1. The van der Waals surface area contributed by atoms with Crippen LogP contribution in [0, 0.1) is 5.92 Å². The monoisotopic (exact) mass is 656 g/mol. The smallest absolute Gasteiger partial charge is 0.174 e. The average molecular weight is 657 g/mol. The first kappa shape index (κ1) is 29.7. The Kier molecular flexibility index (Phi) is 5.90. The standard InChI is InChI=1S/C20H23NO4.C18H21NO4/c22-13-4-3-12-9-15-20(24)6-5-14(23)18-19(20,16(12)17(13)25-18)7-8-21(15)10-11-1-2-11;1-19-8-7-17-14-10-3-4-12(22-2)15(14)23-16(17)11(20)5-6-18(17,21)13(19)9-10/h3-4,11,15,18,22,24H,1-2,5-10H2;3-4,13,16,21H,5-9H2,1-2H3/t15-,18+,19+,20-;13-,16+,17+,18-/m11/s1. The molecule has 2 spiro atoms. The molecule has 2 aromatic rings. The number of rotatable bonds is 3. The summed E-state index contributed by atoms with van der Waals surface area (Å²) in [7, 11) is 3.70. The quantitative estimate of drug-likeness (QED) is 0.454. The number of aromatic hydroxyl groups is 1. The minimum absolute atomic E-state index is 0.0438. The Bertz CT molecular complexity index is 1790. The summed E-state index contributed by atoms with van der Waals surface area (Å²) < 4.78 is 17.7. The molecule has 0 amide bonds. The normalized spacial score (nSPS) is 41.0. The number of nitrogens with zero attached hydrogens (tertiary/aromatic N) is 2. The summed E-state index contributed by atoms with van der Waals surface area (Å²) in [6, 6.07) is 7.74. The van der Waals surface area contributed by atoms with Crippen LogP contribution in [0.3, 0.4) is 0 Å². The van der Waals surface area contributed by atoms with E-state index in [2.05, 4.69) is 22.9 Å². The van der Waals surface area contributed by atoms with Crippen molar-refractivity contribution in [3.05, 3.63) is 46.5 Å². The van der Waals surface area contributed by atoms with E-state index >= 15 is 0 Å². The van der Waals surface area contributed by atoms with Gasteiger partial charge in [-0.3, -0.25) is 14.5 Å². The van der Waals surface area contributed by atoms with Gasteiger partial charge in [-0.2, -0.15) is 0 Å². The van der Waals surface area contributed by atoms with Crippen LogP contribution in [0.25, 0.3) is 0 Å². The summed E-state index contributed by atoms with van der Waals surface area (Å²) >= 11 is 0. The highest BCUT2D eigenvalue weighted by atomic mass is 16.5. The largest absolute Gasteiger partial charge is 0.504 e. The average Bonchev–Trinajstić information content (AvgIpc) is 3.70. The third-order valence-corrected chi connectivity index (χ3v) is 14.3. The maximum absolute atomic E-state index is 12.7. The van der Waals surface area contributed by atoms with E-state index in [4.69, 9.17) is 14.2 Å². The van der Waals surface area contributed by atoms with E-state index < -0.39 is 34.2 Å². The van der Waals surface area contributed by atoms with Crippen molar-refractivity contribution in [3.8, 4) is 23.0 Å². The predicted molar refractivity (Wildman–Crippen MR) is 173 cm³/mol. The molecule has 4 aliphatic heterocycles. The number of aliphatic hydroxyl groups is 2. The van der Waals surface area contributed by atoms with Crippen LogP contribution < -0.4 is 14.2 Å². The van der Waals surface area contributed by atoms with E-state index in [1.54, 1.807) is 13.2 Å². The van der Waals surface area contributed by atoms with E-state index in [1.165, 1.54) is 18.4 Å². The topological polar surface area (TPSA) is 129 Å². The number of methoxy groups -OCH3 is 1. The molecule has 3 N–H and O–H groups in total. The number of benzene rings is 2. The molecule has 10 heteroatoms. The van der Waals surface area contributed by atoms with Gasteiger partial charge in [0.15, 0.2) is 46.8 Å². The van der Waals surface area contributed by atoms with E-state index in [0.29, 0.717) is 42.9 Å².